The summed E-state index contributed by atoms with van der Waals surface area (Å²) in [7, 11) is -4.49. The lowest BCUT2D eigenvalue weighted by molar-refractivity contribution is 0.145. The number of alkyl halides is 2. The summed E-state index contributed by atoms with van der Waals surface area (Å²) in [5.41, 5.74) is -0.970. The number of halogens is 5. The monoisotopic (exact) mass is 463 g/mol. The average molecular weight is 464 g/mol. The summed E-state index contributed by atoms with van der Waals surface area (Å²) in [6, 6.07) is 8.24. The smallest absolute Gasteiger partial charge is 0.232 e. The number of hydrogen-bond acceptors (Lipinski definition) is 3. The van der Waals surface area contributed by atoms with Crippen LogP contribution in [0.15, 0.2) is 51.8 Å². The lowest BCUT2D eigenvalue weighted by atomic mass is 10.1. The van der Waals surface area contributed by atoms with Crippen LogP contribution in [0.25, 0.3) is 16.9 Å². The first-order valence-corrected chi connectivity index (χ1v) is 9.58. The lowest BCUT2D eigenvalue weighted by Crippen LogP contribution is -2.14. The molecule has 0 unspecified atom stereocenters. The predicted molar refractivity (Wildman–Crippen MR) is 92.9 cm³/mol. The summed E-state index contributed by atoms with van der Waals surface area (Å²) < 4.78 is 79.2. The van der Waals surface area contributed by atoms with Gasteiger partial charge in [0.2, 0.25) is 10.0 Å². The van der Waals surface area contributed by atoms with Gasteiger partial charge >= 0.3 is 0 Å². The van der Waals surface area contributed by atoms with E-state index in [0.717, 1.165) is 10.7 Å². The molecule has 5 nitrogen and oxygen atoms in total. The van der Waals surface area contributed by atoms with E-state index in [1.165, 1.54) is 6.07 Å². The zero-order chi connectivity index (χ0) is 19.9. The molecule has 27 heavy (non-hydrogen) atoms. The maximum absolute atomic E-state index is 14.5. The molecule has 0 saturated carbocycles. The van der Waals surface area contributed by atoms with Crippen LogP contribution in [0.4, 0.5) is 17.6 Å². The fourth-order valence-corrected chi connectivity index (χ4v) is 3.43. The molecule has 1 heterocycles. The molecule has 2 N–H and O–H groups in total. The Hall–Kier alpha value is -2.24. The molecule has 2 aromatic carbocycles. The molecule has 0 aliphatic heterocycles. The van der Waals surface area contributed by atoms with Crippen LogP contribution in [-0.4, -0.2) is 18.2 Å². The van der Waals surface area contributed by atoms with Crippen molar-refractivity contribution in [3.05, 3.63) is 64.3 Å². The van der Waals surface area contributed by atoms with E-state index in [1.807, 2.05) is 0 Å². The van der Waals surface area contributed by atoms with Crippen molar-refractivity contribution in [3.63, 3.8) is 0 Å². The van der Waals surface area contributed by atoms with Gasteiger partial charge < -0.3 is 0 Å². The van der Waals surface area contributed by atoms with Gasteiger partial charge in [-0.25, -0.2) is 35.8 Å². The highest BCUT2D eigenvalue weighted by atomic mass is 79.9. The zero-order valence-corrected chi connectivity index (χ0v) is 15.6. The van der Waals surface area contributed by atoms with Crippen LogP contribution in [0, 0.1) is 11.6 Å². The summed E-state index contributed by atoms with van der Waals surface area (Å²) in [5.74, 6) is -2.47. The second-order valence-corrected chi connectivity index (χ2v) is 7.90. The first kappa shape index (κ1) is 19.5. The number of benzene rings is 2. The minimum atomic E-state index is -4.49. The first-order valence-electron chi connectivity index (χ1n) is 7.24. The number of sulfonamides is 1. The molecule has 3 rings (SSSR count). The van der Waals surface area contributed by atoms with E-state index in [4.69, 9.17) is 5.14 Å². The van der Waals surface area contributed by atoms with Crippen molar-refractivity contribution in [3.8, 4) is 16.9 Å². The van der Waals surface area contributed by atoms with Crippen molar-refractivity contribution in [2.45, 2.75) is 11.3 Å². The van der Waals surface area contributed by atoms with Gasteiger partial charge in [0.25, 0.3) is 6.43 Å². The van der Waals surface area contributed by atoms with E-state index < -0.39 is 44.2 Å². The molecule has 3 aromatic rings. The molecule has 0 spiro atoms. The van der Waals surface area contributed by atoms with E-state index in [1.54, 1.807) is 18.2 Å². The van der Waals surface area contributed by atoms with Crippen LogP contribution in [0.1, 0.15) is 12.1 Å². The van der Waals surface area contributed by atoms with Gasteiger partial charge in [-0.05, 0) is 36.4 Å². The Balaban J connectivity index is 2.27. The SMILES string of the molecule is NS(=O)(=O)c1cc(F)c(-c2cc(C(F)F)nn2-c2cccc(Br)c2)cc1F. The number of nitrogens with two attached hydrogens (primary N) is 1. The fourth-order valence-electron chi connectivity index (χ4n) is 2.45. The van der Waals surface area contributed by atoms with Gasteiger partial charge in [-0.1, -0.05) is 22.0 Å². The molecule has 0 aliphatic carbocycles. The molecule has 11 heteroatoms. The maximum Gasteiger partial charge on any atom is 0.282 e. The molecular formula is C16H10BrF4N3O2S. The van der Waals surface area contributed by atoms with Crippen molar-refractivity contribution in [2.24, 2.45) is 5.14 Å². The van der Waals surface area contributed by atoms with Gasteiger partial charge in [0, 0.05) is 10.0 Å². The second-order valence-electron chi connectivity index (χ2n) is 5.45. The largest absolute Gasteiger partial charge is 0.282 e. The van der Waals surface area contributed by atoms with E-state index in [2.05, 4.69) is 21.0 Å². The van der Waals surface area contributed by atoms with Gasteiger partial charge in [0.15, 0.2) is 0 Å². The Morgan fingerprint density at radius 2 is 1.78 bits per heavy atom. The maximum atomic E-state index is 14.5. The minimum Gasteiger partial charge on any atom is -0.232 e. The van der Waals surface area contributed by atoms with Gasteiger partial charge in [-0.3, -0.25) is 0 Å². The van der Waals surface area contributed by atoms with Crippen molar-refractivity contribution < 1.29 is 26.0 Å². The Morgan fingerprint density at radius 1 is 1.07 bits per heavy atom. The Kier molecular flexibility index (Phi) is 5.10. The number of rotatable bonds is 4. The van der Waals surface area contributed by atoms with Crippen LogP contribution in [0.3, 0.4) is 0 Å². The number of nitrogens with zero attached hydrogens (tertiary/aromatic N) is 2. The van der Waals surface area contributed by atoms with Crippen LogP contribution in [0.5, 0.6) is 0 Å². The van der Waals surface area contributed by atoms with Crippen LogP contribution in [-0.2, 0) is 10.0 Å². The van der Waals surface area contributed by atoms with Gasteiger partial charge in [-0.2, -0.15) is 5.10 Å². The highest BCUT2D eigenvalue weighted by Crippen LogP contribution is 2.32. The van der Waals surface area contributed by atoms with Gasteiger partial charge in [-0.15, -0.1) is 0 Å². The van der Waals surface area contributed by atoms with Crippen LogP contribution in [0.2, 0.25) is 0 Å². The van der Waals surface area contributed by atoms with Crippen molar-refractivity contribution in [2.75, 3.05) is 0 Å². The van der Waals surface area contributed by atoms with Crippen LogP contribution < -0.4 is 5.14 Å². The number of primary sulfonamides is 1. The molecular weight excluding hydrogens is 454 g/mol. The van der Waals surface area contributed by atoms with Crippen molar-refractivity contribution in [1.82, 2.24) is 9.78 Å². The van der Waals surface area contributed by atoms with Gasteiger partial charge in [0.05, 0.1) is 11.4 Å². The summed E-state index contributed by atoms with van der Waals surface area (Å²) in [5, 5.41) is 8.59. The van der Waals surface area contributed by atoms with E-state index in [0.29, 0.717) is 22.3 Å². The van der Waals surface area contributed by atoms with E-state index in [9.17, 15) is 26.0 Å². The molecule has 0 saturated heterocycles. The molecule has 142 valence electrons. The Bertz CT molecular complexity index is 1130. The predicted octanol–water partition coefficient (Wildman–Crippen LogP) is 4.17. The standard InChI is InChI=1S/C16H10BrF4N3O2S/c17-8-2-1-3-9(4-8)24-14(7-13(23-24)16(20)21)10-5-12(19)15(6-11(10)18)27(22,25)26/h1-7,16H,(H2,22,25,26). The van der Waals surface area contributed by atoms with Crippen molar-refractivity contribution in [1.29, 1.82) is 0 Å². The summed E-state index contributed by atoms with van der Waals surface area (Å²) >= 11 is 3.23. The highest BCUT2D eigenvalue weighted by Gasteiger charge is 2.24. The topological polar surface area (TPSA) is 78.0 Å². The molecule has 0 atom stereocenters. The molecule has 0 radical (unpaired) electrons. The third kappa shape index (κ3) is 3.89. The zero-order valence-electron chi connectivity index (χ0n) is 13.2. The Morgan fingerprint density at radius 3 is 2.37 bits per heavy atom. The minimum absolute atomic E-state index is 0.180. The third-order valence-corrected chi connectivity index (χ3v) is 5.03. The van der Waals surface area contributed by atoms with Crippen LogP contribution >= 0.6 is 15.9 Å². The molecule has 0 bridgehead atoms. The second kappa shape index (κ2) is 7.06. The molecule has 0 fully saturated rings. The highest BCUT2D eigenvalue weighted by molar-refractivity contribution is 9.10. The number of hydrogen-bond donors (Lipinski definition) is 1. The van der Waals surface area contributed by atoms with Crippen molar-refractivity contribution >= 4 is 26.0 Å². The quantitative estimate of drug-likeness (QED) is 0.589. The molecule has 1 aromatic heterocycles. The van der Waals surface area contributed by atoms with E-state index >= 15 is 0 Å². The Labute approximate surface area is 159 Å². The number of aromatic nitrogens is 2. The lowest BCUT2D eigenvalue weighted by Gasteiger charge is -2.10. The molecule has 0 amide bonds. The van der Waals surface area contributed by atoms with E-state index in [-0.39, 0.29) is 5.69 Å². The summed E-state index contributed by atoms with van der Waals surface area (Å²) in [4.78, 5) is -1.04. The normalized spacial score (nSPS) is 12.0. The summed E-state index contributed by atoms with van der Waals surface area (Å²) in [6.45, 7) is 0. The first-order chi connectivity index (χ1) is 12.6. The third-order valence-electron chi connectivity index (χ3n) is 3.61. The molecule has 0 aliphatic rings. The summed E-state index contributed by atoms with van der Waals surface area (Å²) in [6.07, 6.45) is -2.95. The van der Waals surface area contributed by atoms with Gasteiger partial charge in [0.1, 0.15) is 22.2 Å². The fraction of sp³-hybridized carbons (Fsp3) is 0.0625. The average Bonchev–Trinajstić information content (AvgIpc) is 3.01.